The molecule has 0 aliphatic heterocycles. The Bertz CT molecular complexity index is 551. The largest absolute Gasteiger partial charge is 0.310 e. The highest BCUT2D eigenvalue weighted by Crippen LogP contribution is 2.25. The SMILES string of the molecule is CCNC(Cc1cccc(C)c1)c1c(C)cccc1C. The van der Waals surface area contributed by atoms with Gasteiger partial charge in [-0.3, -0.25) is 0 Å². The minimum Gasteiger partial charge on any atom is -0.310 e. The number of rotatable bonds is 5. The second-order valence-electron chi connectivity index (χ2n) is 5.61. The Labute approximate surface area is 123 Å². The second kappa shape index (κ2) is 6.71. The number of benzene rings is 2. The first-order valence-corrected chi connectivity index (χ1v) is 7.47. The molecule has 0 aliphatic rings. The van der Waals surface area contributed by atoms with Gasteiger partial charge in [-0.1, -0.05) is 55.0 Å². The molecule has 0 amide bonds. The molecule has 1 nitrogen and oxygen atoms in total. The summed E-state index contributed by atoms with van der Waals surface area (Å²) in [6.07, 6.45) is 1.04. The molecule has 1 unspecified atom stereocenters. The summed E-state index contributed by atoms with van der Waals surface area (Å²) in [5, 5.41) is 3.65. The van der Waals surface area contributed by atoms with Gasteiger partial charge < -0.3 is 5.32 Å². The Morgan fingerprint density at radius 2 is 1.60 bits per heavy atom. The maximum Gasteiger partial charge on any atom is 0.0366 e. The van der Waals surface area contributed by atoms with Gasteiger partial charge in [-0.2, -0.15) is 0 Å². The summed E-state index contributed by atoms with van der Waals surface area (Å²) in [6.45, 7) is 9.75. The molecular formula is C19H25N. The van der Waals surface area contributed by atoms with E-state index in [0.717, 1.165) is 13.0 Å². The Morgan fingerprint density at radius 1 is 0.950 bits per heavy atom. The van der Waals surface area contributed by atoms with Crippen LogP contribution in [0.15, 0.2) is 42.5 Å². The average molecular weight is 267 g/mol. The van der Waals surface area contributed by atoms with Crippen LogP contribution in [0.5, 0.6) is 0 Å². The lowest BCUT2D eigenvalue weighted by molar-refractivity contribution is 0.545. The van der Waals surface area contributed by atoms with Crippen molar-refractivity contribution in [2.24, 2.45) is 0 Å². The van der Waals surface area contributed by atoms with Crippen LogP contribution in [0, 0.1) is 20.8 Å². The molecule has 2 aromatic rings. The lowest BCUT2D eigenvalue weighted by Crippen LogP contribution is -2.24. The predicted octanol–water partition coefficient (Wildman–Crippen LogP) is 4.51. The van der Waals surface area contributed by atoms with E-state index in [1.165, 1.54) is 27.8 Å². The van der Waals surface area contributed by atoms with Crippen molar-refractivity contribution in [1.29, 1.82) is 0 Å². The highest BCUT2D eigenvalue weighted by molar-refractivity contribution is 5.37. The molecule has 1 N–H and O–H groups in total. The molecule has 0 bridgehead atoms. The zero-order chi connectivity index (χ0) is 14.5. The molecule has 0 heterocycles. The van der Waals surface area contributed by atoms with E-state index >= 15 is 0 Å². The smallest absolute Gasteiger partial charge is 0.0366 e. The summed E-state index contributed by atoms with van der Waals surface area (Å²) in [5.41, 5.74) is 6.95. The van der Waals surface area contributed by atoms with Crippen molar-refractivity contribution in [1.82, 2.24) is 5.32 Å². The van der Waals surface area contributed by atoms with Gasteiger partial charge in [0.15, 0.2) is 0 Å². The van der Waals surface area contributed by atoms with Crippen LogP contribution >= 0.6 is 0 Å². The quantitative estimate of drug-likeness (QED) is 0.840. The molecule has 2 rings (SSSR count). The van der Waals surface area contributed by atoms with E-state index in [1.54, 1.807) is 0 Å². The van der Waals surface area contributed by atoms with Gasteiger partial charge in [-0.05, 0) is 56.0 Å². The number of aryl methyl sites for hydroxylation is 3. The van der Waals surface area contributed by atoms with E-state index in [4.69, 9.17) is 0 Å². The van der Waals surface area contributed by atoms with Crippen LogP contribution in [0.2, 0.25) is 0 Å². The fraction of sp³-hybridized carbons (Fsp3) is 0.368. The van der Waals surface area contributed by atoms with Crippen molar-refractivity contribution in [3.05, 3.63) is 70.3 Å². The first kappa shape index (κ1) is 14.8. The summed E-state index contributed by atoms with van der Waals surface area (Å²) >= 11 is 0. The van der Waals surface area contributed by atoms with Crippen molar-refractivity contribution in [3.8, 4) is 0 Å². The van der Waals surface area contributed by atoms with Gasteiger partial charge in [-0.25, -0.2) is 0 Å². The van der Waals surface area contributed by atoms with E-state index in [9.17, 15) is 0 Å². The van der Waals surface area contributed by atoms with Crippen molar-refractivity contribution in [2.45, 2.75) is 40.2 Å². The number of likely N-dealkylation sites (N-methyl/N-ethyl adjacent to an activating group) is 1. The van der Waals surface area contributed by atoms with E-state index in [0.29, 0.717) is 6.04 Å². The van der Waals surface area contributed by atoms with Gasteiger partial charge in [0.05, 0.1) is 0 Å². The number of hydrogen-bond donors (Lipinski definition) is 1. The van der Waals surface area contributed by atoms with Gasteiger partial charge in [0.2, 0.25) is 0 Å². The monoisotopic (exact) mass is 267 g/mol. The highest BCUT2D eigenvalue weighted by atomic mass is 14.9. The molecule has 0 saturated carbocycles. The molecule has 2 aromatic carbocycles. The molecular weight excluding hydrogens is 242 g/mol. The van der Waals surface area contributed by atoms with E-state index in [-0.39, 0.29) is 0 Å². The highest BCUT2D eigenvalue weighted by Gasteiger charge is 2.15. The minimum atomic E-state index is 0.392. The third kappa shape index (κ3) is 3.49. The molecule has 0 aromatic heterocycles. The van der Waals surface area contributed by atoms with Crippen molar-refractivity contribution in [3.63, 3.8) is 0 Å². The van der Waals surface area contributed by atoms with Crippen LogP contribution in [0.25, 0.3) is 0 Å². The third-order valence-electron chi connectivity index (χ3n) is 3.86. The fourth-order valence-electron chi connectivity index (χ4n) is 2.97. The van der Waals surface area contributed by atoms with E-state index in [1.807, 2.05) is 0 Å². The average Bonchev–Trinajstić information content (AvgIpc) is 2.38. The Hall–Kier alpha value is -1.60. The molecule has 0 spiro atoms. The van der Waals surface area contributed by atoms with Crippen molar-refractivity contribution >= 4 is 0 Å². The Balaban J connectivity index is 2.32. The van der Waals surface area contributed by atoms with Gasteiger partial charge in [0, 0.05) is 6.04 Å². The molecule has 0 aliphatic carbocycles. The standard InChI is InChI=1S/C19H25N/c1-5-20-18(13-17-11-6-8-14(2)12-17)19-15(3)9-7-10-16(19)4/h6-12,18,20H,5,13H2,1-4H3. The topological polar surface area (TPSA) is 12.0 Å². The summed E-state index contributed by atoms with van der Waals surface area (Å²) in [7, 11) is 0. The van der Waals surface area contributed by atoms with Gasteiger partial charge in [0.1, 0.15) is 0 Å². The number of hydrogen-bond acceptors (Lipinski definition) is 1. The fourth-order valence-corrected chi connectivity index (χ4v) is 2.97. The van der Waals surface area contributed by atoms with Crippen molar-refractivity contribution < 1.29 is 0 Å². The molecule has 0 radical (unpaired) electrons. The minimum absolute atomic E-state index is 0.392. The van der Waals surface area contributed by atoms with E-state index in [2.05, 4.69) is 75.5 Å². The molecule has 1 atom stereocenters. The molecule has 20 heavy (non-hydrogen) atoms. The molecule has 1 heteroatoms. The molecule has 106 valence electrons. The first-order chi connectivity index (χ1) is 9.61. The summed E-state index contributed by atoms with van der Waals surface area (Å²) in [4.78, 5) is 0. The summed E-state index contributed by atoms with van der Waals surface area (Å²) in [6, 6.07) is 15.8. The van der Waals surface area contributed by atoms with Crippen LogP contribution in [0.4, 0.5) is 0 Å². The van der Waals surface area contributed by atoms with Gasteiger partial charge >= 0.3 is 0 Å². The number of nitrogens with one attached hydrogen (secondary N) is 1. The van der Waals surface area contributed by atoms with Crippen LogP contribution in [-0.2, 0) is 6.42 Å². The normalized spacial score (nSPS) is 12.4. The lowest BCUT2D eigenvalue weighted by atomic mass is 9.91. The van der Waals surface area contributed by atoms with Crippen LogP contribution < -0.4 is 5.32 Å². The zero-order valence-electron chi connectivity index (χ0n) is 13.0. The maximum absolute atomic E-state index is 3.65. The summed E-state index contributed by atoms with van der Waals surface area (Å²) < 4.78 is 0. The van der Waals surface area contributed by atoms with Crippen molar-refractivity contribution in [2.75, 3.05) is 6.54 Å². The lowest BCUT2D eigenvalue weighted by Gasteiger charge is -2.23. The van der Waals surface area contributed by atoms with Gasteiger partial charge in [0.25, 0.3) is 0 Å². The van der Waals surface area contributed by atoms with Crippen LogP contribution in [0.1, 0.15) is 40.8 Å². The maximum atomic E-state index is 3.65. The van der Waals surface area contributed by atoms with Crippen LogP contribution in [-0.4, -0.2) is 6.54 Å². The molecule has 0 saturated heterocycles. The molecule has 0 fully saturated rings. The summed E-state index contributed by atoms with van der Waals surface area (Å²) in [5.74, 6) is 0. The van der Waals surface area contributed by atoms with Gasteiger partial charge in [-0.15, -0.1) is 0 Å². The predicted molar refractivity (Wildman–Crippen MR) is 87.2 cm³/mol. The Morgan fingerprint density at radius 3 is 2.20 bits per heavy atom. The van der Waals surface area contributed by atoms with E-state index < -0.39 is 0 Å². The zero-order valence-corrected chi connectivity index (χ0v) is 13.0. The Kier molecular flexibility index (Phi) is 4.97. The first-order valence-electron chi connectivity index (χ1n) is 7.47. The second-order valence-corrected chi connectivity index (χ2v) is 5.61. The van der Waals surface area contributed by atoms with Crippen LogP contribution in [0.3, 0.4) is 0 Å². The third-order valence-corrected chi connectivity index (χ3v) is 3.86.